The Labute approximate surface area is 129 Å². The maximum absolute atomic E-state index is 9.59. The minimum atomic E-state index is 0.317. The van der Waals surface area contributed by atoms with Gasteiger partial charge in [-0.05, 0) is 54.8 Å². The molecule has 1 nitrogen and oxygen atoms in total. The van der Waals surface area contributed by atoms with Gasteiger partial charge >= 0.3 is 0 Å². The van der Waals surface area contributed by atoms with E-state index in [0.717, 1.165) is 12.0 Å². The number of rotatable bonds is 3. The molecule has 2 aromatic carbocycles. The summed E-state index contributed by atoms with van der Waals surface area (Å²) in [4.78, 5) is 2.55. The van der Waals surface area contributed by atoms with Gasteiger partial charge < -0.3 is 5.11 Å². The molecular weight excluding hydrogens is 276 g/mol. The van der Waals surface area contributed by atoms with Gasteiger partial charge in [0.1, 0.15) is 5.75 Å². The van der Waals surface area contributed by atoms with Crippen molar-refractivity contribution in [3.63, 3.8) is 0 Å². The molecule has 0 radical (unpaired) electrons. The van der Waals surface area contributed by atoms with Crippen molar-refractivity contribution in [1.82, 2.24) is 0 Å². The molecule has 1 heterocycles. The van der Waals surface area contributed by atoms with Gasteiger partial charge in [-0.1, -0.05) is 35.9 Å². The SMILES string of the molecule is Cc1ccc(C)c(Cc2ccc(-c3cccc(O)c3)s2)c1. The average Bonchev–Trinajstić information content (AvgIpc) is 2.91. The van der Waals surface area contributed by atoms with E-state index in [2.05, 4.69) is 44.2 Å². The quantitative estimate of drug-likeness (QED) is 0.692. The van der Waals surface area contributed by atoms with Gasteiger partial charge in [0.05, 0.1) is 0 Å². The van der Waals surface area contributed by atoms with Crippen LogP contribution < -0.4 is 0 Å². The van der Waals surface area contributed by atoms with E-state index >= 15 is 0 Å². The summed E-state index contributed by atoms with van der Waals surface area (Å²) in [5.74, 6) is 0.317. The summed E-state index contributed by atoms with van der Waals surface area (Å²) in [6, 6.07) is 18.4. The molecule has 3 aromatic rings. The molecule has 106 valence electrons. The van der Waals surface area contributed by atoms with Crippen LogP contribution in [0.4, 0.5) is 0 Å². The number of phenols is 1. The molecule has 0 unspecified atom stereocenters. The molecule has 0 aliphatic rings. The van der Waals surface area contributed by atoms with Gasteiger partial charge in [-0.2, -0.15) is 0 Å². The highest BCUT2D eigenvalue weighted by Gasteiger charge is 2.06. The monoisotopic (exact) mass is 294 g/mol. The fraction of sp³-hybridized carbons (Fsp3) is 0.158. The first kappa shape index (κ1) is 13.9. The Morgan fingerprint density at radius 2 is 1.81 bits per heavy atom. The number of hydrogen-bond donors (Lipinski definition) is 1. The normalized spacial score (nSPS) is 10.8. The van der Waals surface area contributed by atoms with Crippen molar-refractivity contribution < 1.29 is 5.11 Å². The van der Waals surface area contributed by atoms with Crippen LogP contribution in [0.3, 0.4) is 0 Å². The summed E-state index contributed by atoms with van der Waals surface area (Å²) in [6.07, 6.45) is 0.969. The number of thiophene rings is 1. The van der Waals surface area contributed by atoms with Gasteiger partial charge in [-0.3, -0.25) is 0 Å². The molecule has 1 N–H and O–H groups in total. The highest BCUT2D eigenvalue weighted by molar-refractivity contribution is 7.15. The van der Waals surface area contributed by atoms with Gasteiger partial charge in [-0.25, -0.2) is 0 Å². The van der Waals surface area contributed by atoms with Crippen molar-refractivity contribution in [2.75, 3.05) is 0 Å². The lowest BCUT2D eigenvalue weighted by atomic mass is 10.0. The first-order valence-electron chi connectivity index (χ1n) is 7.06. The van der Waals surface area contributed by atoms with E-state index in [1.165, 1.54) is 26.4 Å². The van der Waals surface area contributed by atoms with Crippen LogP contribution in [0.2, 0.25) is 0 Å². The molecule has 0 amide bonds. The fourth-order valence-corrected chi connectivity index (χ4v) is 3.49. The molecule has 0 fully saturated rings. The molecule has 0 bridgehead atoms. The van der Waals surface area contributed by atoms with Crippen molar-refractivity contribution in [1.29, 1.82) is 0 Å². The van der Waals surface area contributed by atoms with Gasteiger partial charge in [0.25, 0.3) is 0 Å². The number of phenolic OH excluding ortho intramolecular Hbond substituents is 1. The Kier molecular flexibility index (Phi) is 3.80. The predicted molar refractivity (Wildman–Crippen MR) is 90.1 cm³/mol. The number of aromatic hydroxyl groups is 1. The highest BCUT2D eigenvalue weighted by Crippen LogP contribution is 2.31. The molecule has 0 aliphatic carbocycles. The van der Waals surface area contributed by atoms with E-state index in [1.54, 1.807) is 17.4 Å². The van der Waals surface area contributed by atoms with Crippen LogP contribution in [0.1, 0.15) is 21.6 Å². The summed E-state index contributed by atoms with van der Waals surface area (Å²) in [5.41, 5.74) is 5.11. The highest BCUT2D eigenvalue weighted by atomic mass is 32.1. The number of hydrogen-bond acceptors (Lipinski definition) is 2. The number of aryl methyl sites for hydroxylation is 2. The summed E-state index contributed by atoms with van der Waals surface area (Å²) < 4.78 is 0. The zero-order valence-electron chi connectivity index (χ0n) is 12.3. The largest absolute Gasteiger partial charge is 0.508 e. The maximum Gasteiger partial charge on any atom is 0.116 e. The van der Waals surface area contributed by atoms with Crippen LogP contribution in [0.15, 0.2) is 54.6 Å². The van der Waals surface area contributed by atoms with Crippen molar-refractivity contribution in [2.45, 2.75) is 20.3 Å². The van der Waals surface area contributed by atoms with Gasteiger partial charge in [-0.15, -0.1) is 11.3 Å². The summed E-state index contributed by atoms with van der Waals surface area (Å²) in [7, 11) is 0. The Balaban J connectivity index is 1.87. The fourth-order valence-electron chi connectivity index (χ4n) is 2.47. The Morgan fingerprint density at radius 3 is 2.62 bits per heavy atom. The Morgan fingerprint density at radius 1 is 0.952 bits per heavy atom. The van der Waals surface area contributed by atoms with E-state index in [1.807, 2.05) is 18.2 Å². The van der Waals surface area contributed by atoms with Crippen molar-refractivity contribution in [3.8, 4) is 16.2 Å². The van der Waals surface area contributed by atoms with Gasteiger partial charge in [0.2, 0.25) is 0 Å². The zero-order valence-corrected chi connectivity index (χ0v) is 13.1. The van der Waals surface area contributed by atoms with Crippen LogP contribution in [0.5, 0.6) is 5.75 Å². The molecule has 0 spiro atoms. The van der Waals surface area contributed by atoms with Crippen LogP contribution in [-0.4, -0.2) is 5.11 Å². The second-order valence-electron chi connectivity index (χ2n) is 5.42. The minimum absolute atomic E-state index is 0.317. The van der Waals surface area contributed by atoms with Gasteiger partial charge in [0.15, 0.2) is 0 Å². The Bertz CT molecular complexity index is 771. The summed E-state index contributed by atoms with van der Waals surface area (Å²) in [6.45, 7) is 4.30. The second-order valence-corrected chi connectivity index (χ2v) is 6.59. The lowest BCUT2D eigenvalue weighted by molar-refractivity contribution is 0.475. The first-order chi connectivity index (χ1) is 10.1. The lowest BCUT2D eigenvalue weighted by Gasteiger charge is -2.05. The van der Waals surface area contributed by atoms with Gasteiger partial charge in [0, 0.05) is 16.2 Å². The molecular formula is C19H18OS. The van der Waals surface area contributed by atoms with Crippen LogP contribution in [0.25, 0.3) is 10.4 Å². The molecule has 21 heavy (non-hydrogen) atoms. The molecule has 3 rings (SSSR count). The van der Waals surface area contributed by atoms with Crippen LogP contribution in [-0.2, 0) is 6.42 Å². The lowest BCUT2D eigenvalue weighted by Crippen LogP contribution is -1.90. The van der Waals surface area contributed by atoms with E-state index in [-0.39, 0.29) is 0 Å². The third-order valence-corrected chi connectivity index (χ3v) is 4.80. The zero-order chi connectivity index (χ0) is 14.8. The smallest absolute Gasteiger partial charge is 0.116 e. The molecule has 2 heteroatoms. The average molecular weight is 294 g/mol. The molecule has 0 saturated heterocycles. The van der Waals surface area contributed by atoms with Crippen molar-refractivity contribution >= 4 is 11.3 Å². The van der Waals surface area contributed by atoms with E-state index in [9.17, 15) is 5.11 Å². The standard InChI is InChI=1S/C19H18OS/c1-13-6-7-14(2)16(10-13)12-18-8-9-19(21-18)15-4-3-5-17(20)11-15/h3-11,20H,12H2,1-2H3. The predicted octanol–water partition coefficient (Wildman–Crippen LogP) is 5.33. The van der Waals surface area contributed by atoms with E-state index in [4.69, 9.17) is 0 Å². The van der Waals surface area contributed by atoms with Crippen molar-refractivity contribution in [3.05, 3.63) is 76.2 Å². The summed E-state index contributed by atoms with van der Waals surface area (Å²) >= 11 is 1.79. The van der Waals surface area contributed by atoms with Crippen LogP contribution >= 0.6 is 11.3 Å². The van der Waals surface area contributed by atoms with E-state index < -0.39 is 0 Å². The molecule has 0 saturated carbocycles. The summed E-state index contributed by atoms with van der Waals surface area (Å²) in [5, 5.41) is 9.59. The maximum atomic E-state index is 9.59. The second kappa shape index (κ2) is 5.74. The first-order valence-corrected chi connectivity index (χ1v) is 7.88. The van der Waals surface area contributed by atoms with E-state index in [0.29, 0.717) is 5.75 Å². The molecule has 0 aliphatic heterocycles. The number of benzene rings is 2. The molecule has 0 atom stereocenters. The third kappa shape index (κ3) is 3.17. The van der Waals surface area contributed by atoms with Crippen LogP contribution in [0, 0.1) is 13.8 Å². The topological polar surface area (TPSA) is 20.2 Å². The Hall–Kier alpha value is -2.06. The third-order valence-electron chi connectivity index (χ3n) is 3.66. The van der Waals surface area contributed by atoms with Crippen molar-refractivity contribution in [2.24, 2.45) is 0 Å². The minimum Gasteiger partial charge on any atom is -0.508 e. The molecule has 1 aromatic heterocycles.